The molecule has 0 spiro atoms. The average Bonchev–Trinajstić information content (AvgIpc) is 2.17. The first kappa shape index (κ1) is 11.2. The summed E-state index contributed by atoms with van der Waals surface area (Å²) in [6, 6.07) is 2.24. The highest BCUT2D eigenvalue weighted by Crippen LogP contribution is 2.00. The van der Waals surface area contributed by atoms with Gasteiger partial charge in [-0.1, -0.05) is 0 Å². The molecule has 0 aromatic carbocycles. The molecular formula is C10H12N2O3. The summed E-state index contributed by atoms with van der Waals surface area (Å²) in [6.45, 7) is 3.17. The lowest BCUT2D eigenvalue weighted by Gasteiger charge is -2.09. The summed E-state index contributed by atoms with van der Waals surface area (Å²) in [5, 5.41) is 11.0. The molecule has 5 nitrogen and oxygen atoms in total. The van der Waals surface area contributed by atoms with Crippen LogP contribution in [0.4, 0.5) is 0 Å². The Hall–Kier alpha value is -1.91. The maximum absolute atomic E-state index is 11.5. The van der Waals surface area contributed by atoms with Crippen molar-refractivity contribution < 1.29 is 14.7 Å². The molecule has 15 heavy (non-hydrogen) atoms. The highest BCUT2D eigenvalue weighted by Gasteiger charge is 2.14. The Morgan fingerprint density at radius 3 is 2.73 bits per heavy atom. The van der Waals surface area contributed by atoms with E-state index in [1.54, 1.807) is 13.0 Å². The minimum absolute atomic E-state index is 0.407. The summed E-state index contributed by atoms with van der Waals surface area (Å²) in [4.78, 5) is 26.0. The van der Waals surface area contributed by atoms with E-state index in [9.17, 15) is 9.59 Å². The third-order valence-electron chi connectivity index (χ3n) is 1.88. The first-order valence-electron chi connectivity index (χ1n) is 4.47. The third-order valence-corrected chi connectivity index (χ3v) is 1.88. The van der Waals surface area contributed by atoms with E-state index in [0.29, 0.717) is 11.3 Å². The summed E-state index contributed by atoms with van der Waals surface area (Å²) in [7, 11) is 0. The Balaban J connectivity index is 2.73. The Labute approximate surface area is 87.1 Å². The number of aliphatic carboxylic acids is 1. The first-order chi connectivity index (χ1) is 7.00. The molecule has 0 bridgehead atoms. The zero-order valence-electron chi connectivity index (χ0n) is 8.52. The van der Waals surface area contributed by atoms with E-state index in [1.807, 2.05) is 0 Å². The molecule has 80 valence electrons. The molecule has 1 amide bonds. The van der Waals surface area contributed by atoms with Gasteiger partial charge in [0.2, 0.25) is 0 Å². The number of carboxylic acid groups (broad SMARTS) is 1. The fourth-order valence-electron chi connectivity index (χ4n) is 1.03. The summed E-state index contributed by atoms with van der Waals surface area (Å²) in [6.07, 6.45) is 1.51. The SMILES string of the molecule is Cc1cc(C(=O)N[C@H](C)C(=O)O)ccn1. The van der Waals surface area contributed by atoms with Crippen molar-refractivity contribution in [2.24, 2.45) is 0 Å². The number of carboxylic acids is 1. The molecule has 1 aromatic rings. The van der Waals surface area contributed by atoms with Crippen molar-refractivity contribution in [2.45, 2.75) is 19.9 Å². The fraction of sp³-hybridized carbons (Fsp3) is 0.300. The molecule has 0 aliphatic carbocycles. The number of aryl methyl sites for hydroxylation is 1. The van der Waals surface area contributed by atoms with Gasteiger partial charge >= 0.3 is 5.97 Å². The van der Waals surface area contributed by atoms with Gasteiger partial charge in [0.25, 0.3) is 5.91 Å². The van der Waals surface area contributed by atoms with Gasteiger partial charge in [-0.25, -0.2) is 0 Å². The standard InChI is InChI=1S/C10H12N2O3/c1-6-5-8(3-4-11-6)9(13)12-7(2)10(14)15/h3-5,7H,1-2H3,(H,12,13)(H,14,15)/t7-/m1/s1. The average molecular weight is 208 g/mol. The van der Waals surface area contributed by atoms with Crippen LogP contribution in [0, 0.1) is 6.92 Å². The maximum atomic E-state index is 11.5. The number of carbonyl (C=O) groups excluding carboxylic acids is 1. The Morgan fingerprint density at radius 2 is 2.20 bits per heavy atom. The summed E-state index contributed by atoms with van der Waals surface area (Å²) >= 11 is 0. The van der Waals surface area contributed by atoms with E-state index in [2.05, 4.69) is 10.3 Å². The fourth-order valence-corrected chi connectivity index (χ4v) is 1.03. The molecule has 0 saturated heterocycles. The molecule has 2 N–H and O–H groups in total. The van der Waals surface area contributed by atoms with Crippen molar-refractivity contribution in [3.63, 3.8) is 0 Å². The van der Waals surface area contributed by atoms with Crippen molar-refractivity contribution in [1.82, 2.24) is 10.3 Å². The number of nitrogens with zero attached hydrogens (tertiary/aromatic N) is 1. The number of pyridine rings is 1. The molecule has 0 radical (unpaired) electrons. The molecule has 0 aliphatic rings. The molecule has 5 heteroatoms. The van der Waals surface area contributed by atoms with Gasteiger partial charge in [-0.15, -0.1) is 0 Å². The zero-order chi connectivity index (χ0) is 11.4. The van der Waals surface area contributed by atoms with Gasteiger partial charge in [-0.05, 0) is 26.0 Å². The van der Waals surface area contributed by atoms with Crippen molar-refractivity contribution in [2.75, 3.05) is 0 Å². The van der Waals surface area contributed by atoms with Crippen LogP contribution in [-0.4, -0.2) is 28.0 Å². The van der Waals surface area contributed by atoms with Crippen LogP contribution < -0.4 is 5.32 Å². The second-order valence-corrected chi connectivity index (χ2v) is 3.22. The molecule has 1 heterocycles. The van der Waals surface area contributed by atoms with E-state index in [1.165, 1.54) is 19.2 Å². The summed E-state index contributed by atoms with van der Waals surface area (Å²) in [5.74, 6) is -1.47. The highest BCUT2D eigenvalue weighted by atomic mass is 16.4. The topological polar surface area (TPSA) is 79.3 Å². The van der Waals surface area contributed by atoms with Crippen LogP contribution in [-0.2, 0) is 4.79 Å². The summed E-state index contributed by atoms with van der Waals surface area (Å²) in [5.41, 5.74) is 1.13. The van der Waals surface area contributed by atoms with Crippen LogP contribution in [0.2, 0.25) is 0 Å². The molecule has 0 saturated carbocycles. The van der Waals surface area contributed by atoms with Crippen LogP contribution in [0.25, 0.3) is 0 Å². The predicted octanol–water partition coefficient (Wildman–Crippen LogP) is 0.593. The van der Waals surface area contributed by atoms with Gasteiger partial charge in [-0.2, -0.15) is 0 Å². The van der Waals surface area contributed by atoms with E-state index < -0.39 is 17.9 Å². The number of rotatable bonds is 3. The first-order valence-corrected chi connectivity index (χ1v) is 4.47. The van der Waals surface area contributed by atoms with Gasteiger partial charge in [0.1, 0.15) is 6.04 Å². The minimum atomic E-state index is -1.06. The number of amides is 1. The number of nitrogens with one attached hydrogen (secondary N) is 1. The predicted molar refractivity (Wildman–Crippen MR) is 53.5 cm³/mol. The monoisotopic (exact) mass is 208 g/mol. The van der Waals surface area contributed by atoms with Crippen molar-refractivity contribution in [1.29, 1.82) is 0 Å². The molecule has 0 aliphatic heterocycles. The molecule has 0 unspecified atom stereocenters. The number of hydrogen-bond donors (Lipinski definition) is 2. The highest BCUT2D eigenvalue weighted by molar-refractivity contribution is 5.96. The van der Waals surface area contributed by atoms with E-state index in [4.69, 9.17) is 5.11 Å². The van der Waals surface area contributed by atoms with Crippen molar-refractivity contribution in [3.05, 3.63) is 29.6 Å². The van der Waals surface area contributed by atoms with Crippen LogP contribution in [0.1, 0.15) is 23.0 Å². The molecule has 1 aromatic heterocycles. The maximum Gasteiger partial charge on any atom is 0.325 e. The zero-order valence-corrected chi connectivity index (χ0v) is 8.52. The Morgan fingerprint density at radius 1 is 1.53 bits per heavy atom. The molecule has 0 fully saturated rings. The summed E-state index contributed by atoms with van der Waals surface area (Å²) < 4.78 is 0. The van der Waals surface area contributed by atoms with Gasteiger partial charge in [0, 0.05) is 17.5 Å². The third kappa shape index (κ3) is 3.05. The number of aromatic nitrogens is 1. The number of hydrogen-bond acceptors (Lipinski definition) is 3. The lowest BCUT2D eigenvalue weighted by molar-refractivity contribution is -0.138. The van der Waals surface area contributed by atoms with Gasteiger partial charge in [0.15, 0.2) is 0 Å². The molecule has 1 atom stereocenters. The van der Waals surface area contributed by atoms with Gasteiger partial charge in [0.05, 0.1) is 0 Å². The van der Waals surface area contributed by atoms with Gasteiger partial charge in [-0.3, -0.25) is 14.6 Å². The van der Waals surface area contributed by atoms with Crippen molar-refractivity contribution in [3.8, 4) is 0 Å². The number of carbonyl (C=O) groups is 2. The van der Waals surface area contributed by atoms with E-state index in [-0.39, 0.29) is 0 Å². The molecular weight excluding hydrogens is 196 g/mol. The largest absolute Gasteiger partial charge is 0.480 e. The lowest BCUT2D eigenvalue weighted by atomic mass is 10.2. The van der Waals surface area contributed by atoms with E-state index in [0.717, 1.165) is 0 Å². The van der Waals surface area contributed by atoms with Gasteiger partial charge < -0.3 is 10.4 Å². The Kier molecular flexibility index (Phi) is 3.38. The minimum Gasteiger partial charge on any atom is -0.480 e. The lowest BCUT2D eigenvalue weighted by Crippen LogP contribution is -2.38. The van der Waals surface area contributed by atoms with Crippen LogP contribution >= 0.6 is 0 Å². The quantitative estimate of drug-likeness (QED) is 0.762. The second kappa shape index (κ2) is 4.54. The van der Waals surface area contributed by atoms with Crippen molar-refractivity contribution >= 4 is 11.9 Å². The second-order valence-electron chi connectivity index (χ2n) is 3.22. The van der Waals surface area contributed by atoms with Crippen LogP contribution in [0.15, 0.2) is 18.3 Å². The Bertz CT molecular complexity index is 390. The van der Waals surface area contributed by atoms with Crippen LogP contribution in [0.5, 0.6) is 0 Å². The smallest absolute Gasteiger partial charge is 0.325 e. The van der Waals surface area contributed by atoms with Crippen LogP contribution in [0.3, 0.4) is 0 Å². The molecule has 1 rings (SSSR count). The van der Waals surface area contributed by atoms with E-state index >= 15 is 0 Å². The normalized spacial score (nSPS) is 11.9.